The predicted molar refractivity (Wildman–Crippen MR) is 290 cm³/mol. The first-order chi connectivity index (χ1) is 43.9. The molecule has 36 atom stereocenters. The molecule has 0 aromatic heterocycles. The van der Waals surface area contributed by atoms with Crippen molar-refractivity contribution in [3.05, 3.63) is 0 Å². The Bertz CT molecular complexity index is 2380. The molecule has 15 unspecified atom stereocenters. The van der Waals surface area contributed by atoms with Crippen LogP contribution in [0.5, 0.6) is 0 Å². The van der Waals surface area contributed by atoms with Crippen LogP contribution in [0.2, 0.25) is 0 Å². The number of rotatable bonds is 26. The van der Waals surface area contributed by atoms with Crippen molar-refractivity contribution in [2.24, 2.45) is 5.92 Å². The van der Waals surface area contributed by atoms with Gasteiger partial charge < -0.3 is 179 Å². The SMILES string of the molecule is CC(=O)NC1C(OC2[C@@H](OCC3O[C@@H](O[C@@H]4C(CO)O[C@@H](O[C@@H]5C(CO)O[C@@H](C)C(NC(C)=O)[C@H]5O)C(NC(C)=O)[C@H]4O)C(O)[C@@H](O)[C@@H]3O)OC(CO)[C@@H](O)[C@@H]2O)O[C@@H](CO)[C@@H](O[C@@H]2OC(CO)[C@H](O)[C@H](O[C@]3(OC=O)C[C@@H](O)[C@@H](C)C(C(O)[C@H](O)CO)O3)C2O)C1O. The summed E-state index contributed by atoms with van der Waals surface area (Å²) in [7, 11) is 0. The average Bonchev–Trinajstić information content (AvgIpc) is 0.780. The topological polar surface area (TPSA) is 618 Å². The number of nitrogens with one attached hydrogen (secondary N) is 3. The highest BCUT2D eigenvalue weighted by atomic mass is 16.9. The Labute approximate surface area is 529 Å². The molecule has 7 aliphatic heterocycles. The van der Waals surface area contributed by atoms with Gasteiger partial charge in [0.2, 0.25) is 17.7 Å². The molecule has 0 aromatic carbocycles. The van der Waals surface area contributed by atoms with Gasteiger partial charge in [0.25, 0.3) is 6.47 Å². The molecule has 0 aromatic rings. The molecule has 7 heterocycles. The van der Waals surface area contributed by atoms with Crippen LogP contribution in [-0.4, -0.2) is 382 Å². The Morgan fingerprint density at radius 1 is 0.484 bits per heavy atom. The molecule has 40 heteroatoms. The highest BCUT2D eigenvalue weighted by molar-refractivity contribution is 5.74. The molecule has 0 saturated carbocycles. The minimum atomic E-state index is -2.80. The van der Waals surface area contributed by atoms with Gasteiger partial charge in [0.15, 0.2) is 31.5 Å². The van der Waals surface area contributed by atoms with Crippen molar-refractivity contribution in [1.29, 1.82) is 0 Å². The van der Waals surface area contributed by atoms with Gasteiger partial charge in [0.1, 0.15) is 152 Å². The van der Waals surface area contributed by atoms with Crippen LogP contribution in [0.4, 0.5) is 0 Å². The first-order valence-corrected chi connectivity index (χ1v) is 29.9. The van der Waals surface area contributed by atoms with Crippen molar-refractivity contribution in [1.82, 2.24) is 16.0 Å². The molecular weight excluding hydrogens is 1270 g/mol. The molecule has 0 spiro atoms. The minimum absolute atomic E-state index is 0.215. The molecule has 40 nitrogen and oxygen atoms in total. The maximum atomic E-state index is 12.8. The molecule has 7 rings (SSSR count). The third-order valence-electron chi connectivity index (χ3n) is 17.2. The third-order valence-corrected chi connectivity index (χ3v) is 17.2. The van der Waals surface area contributed by atoms with Crippen molar-refractivity contribution in [2.45, 2.75) is 255 Å². The Morgan fingerprint density at radius 3 is 1.40 bits per heavy atom. The molecule has 22 N–H and O–H groups in total. The second kappa shape index (κ2) is 33.4. The summed E-state index contributed by atoms with van der Waals surface area (Å²) in [6.45, 7) is -1.07. The molecular formula is C53H89N3O37. The number of carbonyl (C=O) groups excluding carboxylic acids is 4. The molecule has 7 saturated heterocycles. The maximum absolute atomic E-state index is 12.8. The van der Waals surface area contributed by atoms with E-state index < -0.39 is 291 Å². The average molecular weight is 1360 g/mol. The number of amides is 3. The van der Waals surface area contributed by atoms with E-state index in [1.165, 1.54) is 20.8 Å². The Morgan fingerprint density at radius 2 is 0.903 bits per heavy atom. The zero-order valence-corrected chi connectivity index (χ0v) is 50.8. The van der Waals surface area contributed by atoms with Gasteiger partial charge in [-0.3, -0.25) is 19.2 Å². The van der Waals surface area contributed by atoms with Crippen LogP contribution in [-0.2, 0) is 85.5 Å². The van der Waals surface area contributed by atoms with E-state index in [1.54, 1.807) is 0 Å². The van der Waals surface area contributed by atoms with Crippen LogP contribution in [0.15, 0.2) is 0 Å². The summed E-state index contributed by atoms with van der Waals surface area (Å²) >= 11 is 0. The number of ether oxygens (including phenoxy) is 14. The van der Waals surface area contributed by atoms with E-state index in [4.69, 9.17) is 66.3 Å². The van der Waals surface area contributed by atoms with Crippen LogP contribution in [0.1, 0.15) is 41.0 Å². The Balaban J connectivity index is 1.08. The van der Waals surface area contributed by atoms with E-state index in [1.807, 2.05) is 0 Å². The highest BCUT2D eigenvalue weighted by Gasteiger charge is 2.60. The maximum Gasteiger partial charge on any atom is 0.332 e. The normalized spacial score (nSPS) is 47.2. The van der Waals surface area contributed by atoms with Gasteiger partial charge in [0.05, 0.1) is 77.0 Å². The quantitative estimate of drug-likeness (QED) is 0.0282. The van der Waals surface area contributed by atoms with E-state index in [0.29, 0.717) is 0 Å². The fourth-order valence-corrected chi connectivity index (χ4v) is 12.2. The van der Waals surface area contributed by atoms with E-state index in [0.717, 1.165) is 13.8 Å². The van der Waals surface area contributed by atoms with Gasteiger partial charge in [-0.2, -0.15) is 0 Å². The summed E-state index contributed by atoms with van der Waals surface area (Å²) in [6, 6.07) is -4.65. The summed E-state index contributed by atoms with van der Waals surface area (Å²) < 4.78 is 81.6. The number of carbonyl (C=O) groups is 4. The lowest BCUT2D eigenvalue weighted by molar-refractivity contribution is -0.448. The lowest BCUT2D eigenvalue weighted by Gasteiger charge is -2.51. The van der Waals surface area contributed by atoms with Crippen molar-refractivity contribution in [2.75, 3.05) is 46.2 Å². The number of hydrogen-bond acceptors (Lipinski definition) is 37. The van der Waals surface area contributed by atoms with Gasteiger partial charge in [-0.15, -0.1) is 0 Å². The van der Waals surface area contributed by atoms with Gasteiger partial charge in [-0.1, -0.05) is 6.92 Å². The van der Waals surface area contributed by atoms with Crippen LogP contribution in [0, 0.1) is 5.92 Å². The predicted octanol–water partition coefficient (Wildman–Crippen LogP) is -14.2. The van der Waals surface area contributed by atoms with Crippen molar-refractivity contribution in [3.63, 3.8) is 0 Å². The third kappa shape index (κ3) is 17.2. The lowest BCUT2D eigenvalue weighted by Crippen LogP contribution is -2.70. The van der Waals surface area contributed by atoms with Gasteiger partial charge in [-0.25, -0.2) is 0 Å². The summed E-state index contributed by atoms with van der Waals surface area (Å²) in [5.41, 5.74) is 0. The highest BCUT2D eigenvalue weighted by Crippen LogP contribution is 2.41. The van der Waals surface area contributed by atoms with E-state index in [-0.39, 0.29) is 6.47 Å². The molecule has 7 fully saturated rings. The zero-order valence-electron chi connectivity index (χ0n) is 50.8. The van der Waals surface area contributed by atoms with Gasteiger partial charge >= 0.3 is 5.97 Å². The second-order valence-electron chi connectivity index (χ2n) is 23.8. The van der Waals surface area contributed by atoms with Crippen LogP contribution in [0.3, 0.4) is 0 Å². The molecule has 93 heavy (non-hydrogen) atoms. The largest absolute Gasteiger partial charge is 0.410 e. The van der Waals surface area contributed by atoms with Crippen molar-refractivity contribution in [3.8, 4) is 0 Å². The molecule has 0 radical (unpaired) electrons. The molecule has 0 aliphatic carbocycles. The minimum Gasteiger partial charge on any atom is -0.410 e. The molecule has 7 aliphatic rings. The summed E-state index contributed by atoms with van der Waals surface area (Å²) in [4.78, 5) is 49.3. The van der Waals surface area contributed by atoms with Crippen LogP contribution >= 0.6 is 0 Å². The molecule has 3 amide bonds. The zero-order chi connectivity index (χ0) is 68.8. The number of aliphatic hydroxyl groups is 19. The Hall–Kier alpha value is -3.40. The molecule has 538 valence electrons. The van der Waals surface area contributed by atoms with Gasteiger partial charge in [0, 0.05) is 26.7 Å². The van der Waals surface area contributed by atoms with Gasteiger partial charge in [-0.05, 0) is 6.92 Å². The monoisotopic (exact) mass is 1360 g/mol. The lowest BCUT2D eigenvalue weighted by atomic mass is 9.87. The van der Waals surface area contributed by atoms with Crippen LogP contribution in [0.25, 0.3) is 0 Å². The van der Waals surface area contributed by atoms with E-state index in [9.17, 15) is 116 Å². The molecule has 0 bridgehead atoms. The summed E-state index contributed by atoms with van der Waals surface area (Å²) in [5.74, 6) is -6.11. The standard InChI is InChI=1S/C53H89N3O37/c1-15-20(67)6-53(81-14-63,92-42(15)31(69)21(68)7-57)93-46-34(72)23(9-59)83-51(41(46)79)90-45-26(12-62)86-49(30(37(45)75)56-19(5)66)91-47-39(77)32(70)22(8-58)84-52(47)80-13-27-33(71)38(76)40(78)50(87-27)89-44-25(11-61)85-48(29(36(44)74)55-18(4)65)88-43-24(10-60)82-16(2)28(35(43)73)54-17(3)64/h14-16,20-52,57-62,67-79H,6-13H2,1-5H3,(H,54,64)(H,55,65)(H,56,66)/t15-,16+,20-,21-,22?,23?,24?,25?,26+,27?,28?,29?,30?,31?,32-,33-,34+,35-,36-,37?,38+,39+,40?,41?,42?,43-,44-,45-,46+,47?,48+,49?,50+,51+,52+,53+/m1/s1. The van der Waals surface area contributed by atoms with Crippen molar-refractivity contribution < 1.29 is 183 Å². The summed E-state index contributed by atoms with van der Waals surface area (Å²) in [6.07, 6.45) is -59.2. The second-order valence-corrected chi connectivity index (χ2v) is 23.8. The first kappa shape index (κ1) is 77.0. The number of hydrogen-bond donors (Lipinski definition) is 22. The fourth-order valence-electron chi connectivity index (χ4n) is 12.2. The van der Waals surface area contributed by atoms with E-state index >= 15 is 0 Å². The smallest absolute Gasteiger partial charge is 0.332 e. The Kier molecular flexibility index (Phi) is 27.7. The van der Waals surface area contributed by atoms with Crippen LogP contribution < -0.4 is 16.0 Å². The fraction of sp³-hybridized carbons (Fsp3) is 0.925. The first-order valence-electron chi connectivity index (χ1n) is 29.9. The summed E-state index contributed by atoms with van der Waals surface area (Å²) in [5, 5.41) is 216. The number of aliphatic hydroxyl groups excluding tert-OH is 19. The van der Waals surface area contributed by atoms with Crippen molar-refractivity contribution >= 4 is 24.2 Å². The van der Waals surface area contributed by atoms with E-state index in [2.05, 4.69) is 16.0 Å².